The number of H-pyrrole nitrogens is 1. The Labute approximate surface area is 203 Å². The molecule has 3 nitrogen and oxygen atoms in total. The first-order valence-electron chi connectivity index (χ1n) is 12.1. The maximum atomic E-state index is 6.30. The second kappa shape index (κ2) is 10.6. The molecular formula is C31H34N2O. The molecule has 3 heteroatoms. The number of ether oxygens (including phenoxy) is 1. The van der Waals surface area contributed by atoms with Crippen LogP contribution in [0.25, 0.3) is 17.3 Å². The minimum Gasteiger partial charge on any atom is -0.438 e. The van der Waals surface area contributed by atoms with Crippen molar-refractivity contribution in [1.29, 1.82) is 0 Å². The Bertz CT molecular complexity index is 1280. The van der Waals surface area contributed by atoms with Crippen molar-refractivity contribution in [3.05, 3.63) is 111 Å². The summed E-state index contributed by atoms with van der Waals surface area (Å²) in [4.78, 5) is 0. The molecule has 0 spiro atoms. The molecule has 0 bridgehead atoms. The van der Waals surface area contributed by atoms with E-state index in [2.05, 4.69) is 118 Å². The summed E-state index contributed by atoms with van der Waals surface area (Å²) in [7, 11) is 0. The minimum absolute atomic E-state index is 0.670. The van der Waals surface area contributed by atoms with Crippen LogP contribution in [0.2, 0.25) is 0 Å². The zero-order chi connectivity index (χ0) is 24.1. The summed E-state index contributed by atoms with van der Waals surface area (Å²) in [5.74, 6) is 1.53. The van der Waals surface area contributed by atoms with Crippen LogP contribution in [0.1, 0.15) is 54.5 Å². The number of aromatic nitrogens is 2. The second-order valence-corrected chi connectivity index (χ2v) is 9.10. The van der Waals surface area contributed by atoms with E-state index in [1.807, 2.05) is 0 Å². The minimum atomic E-state index is 0.670. The van der Waals surface area contributed by atoms with Gasteiger partial charge >= 0.3 is 0 Å². The van der Waals surface area contributed by atoms with Gasteiger partial charge in [0.1, 0.15) is 5.76 Å². The van der Waals surface area contributed by atoms with Gasteiger partial charge in [-0.25, -0.2) is 0 Å². The van der Waals surface area contributed by atoms with Gasteiger partial charge in [0.25, 0.3) is 0 Å². The van der Waals surface area contributed by atoms with Crippen LogP contribution >= 0.6 is 0 Å². The molecule has 0 atom stereocenters. The van der Waals surface area contributed by atoms with Gasteiger partial charge in [-0.15, -0.1) is 5.10 Å². The molecule has 1 aliphatic carbocycles. The fourth-order valence-electron chi connectivity index (χ4n) is 4.50. The van der Waals surface area contributed by atoms with Crippen LogP contribution in [0.15, 0.2) is 83.7 Å². The summed E-state index contributed by atoms with van der Waals surface area (Å²) in [6, 6.07) is 14.9. The largest absolute Gasteiger partial charge is 0.438 e. The van der Waals surface area contributed by atoms with E-state index in [0.717, 1.165) is 36.3 Å². The Morgan fingerprint density at radius 3 is 2.59 bits per heavy atom. The molecule has 1 aliphatic rings. The zero-order valence-corrected chi connectivity index (χ0v) is 20.9. The molecule has 0 radical (unpaired) electrons. The van der Waals surface area contributed by atoms with Crippen LogP contribution in [0, 0.1) is 20.8 Å². The third-order valence-electron chi connectivity index (χ3n) is 6.23. The molecule has 174 valence electrons. The van der Waals surface area contributed by atoms with E-state index in [1.165, 1.54) is 39.0 Å². The maximum absolute atomic E-state index is 6.30. The van der Waals surface area contributed by atoms with Crippen LogP contribution in [0.5, 0.6) is 5.88 Å². The Balaban J connectivity index is 1.52. The van der Waals surface area contributed by atoms with Gasteiger partial charge in [0, 0.05) is 11.1 Å². The highest BCUT2D eigenvalue weighted by Crippen LogP contribution is 2.34. The molecule has 0 aliphatic heterocycles. The second-order valence-electron chi connectivity index (χ2n) is 9.10. The van der Waals surface area contributed by atoms with E-state index in [4.69, 9.17) is 4.74 Å². The number of nitrogens with zero attached hydrogens (tertiary/aromatic N) is 1. The number of rotatable bonds is 7. The SMILES string of the molecule is CCc1c(OC2=CCCC(/C=C/C(C)=C\c3cccc(C)c3)=C2)n[nH]c1-c1c(C)cccc1C. The Kier molecular flexibility index (Phi) is 7.32. The first-order valence-corrected chi connectivity index (χ1v) is 12.1. The molecule has 4 rings (SSSR count). The summed E-state index contributed by atoms with van der Waals surface area (Å²) in [6.07, 6.45) is 13.7. The summed E-state index contributed by atoms with van der Waals surface area (Å²) < 4.78 is 6.30. The van der Waals surface area contributed by atoms with E-state index in [0.29, 0.717) is 5.88 Å². The van der Waals surface area contributed by atoms with Crippen molar-refractivity contribution < 1.29 is 4.74 Å². The van der Waals surface area contributed by atoms with Crippen LogP contribution < -0.4 is 4.74 Å². The molecule has 2 aromatic carbocycles. The quantitative estimate of drug-likeness (QED) is 0.368. The molecule has 34 heavy (non-hydrogen) atoms. The van der Waals surface area contributed by atoms with Gasteiger partial charge < -0.3 is 4.74 Å². The number of hydrogen-bond acceptors (Lipinski definition) is 2. The Hall–Kier alpha value is -3.59. The number of hydrogen-bond donors (Lipinski definition) is 1. The van der Waals surface area contributed by atoms with E-state index < -0.39 is 0 Å². The number of allylic oxidation sites excluding steroid dienone is 6. The van der Waals surface area contributed by atoms with Crippen LogP contribution in [-0.4, -0.2) is 10.2 Å². The van der Waals surface area contributed by atoms with Crippen LogP contribution in [0.4, 0.5) is 0 Å². The summed E-state index contributed by atoms with van der Waals surface area (Å²) in [6.45, 7) is 10.7. The highest BCUT2D eigenvalue weighted by Gasteiger charge is 2.19. The average Bonchev–Trinajstić information content (AvgIpc) is 3.20. The third-order valence-corrected chi connectivity index (χ3v) is 6.23. The summed E-state index contributed by atoms with van der Waals surface area (Å²) in [5.41, 5.74) is 10.9. The van der Waals surface area contributed by atoms with E-state index >= 15 is 0 Å². The molecule has 3 aromatic rings. The van der Waals surface area contributed by atoms with Crippen molar-refractivity contribution in [2.45, 2.75) is 53.9 Å². The van der Waals surface area contributed by atoms with Crippen molar-refractivity contribution in [3.8, 4) is 17.1 Å². The molecular weight excluding hydrogens is 416 g/mol. The van der Waals surface area contributed by atoms with Crippen molar-refractivity contribution in [1.82, 2.24) is 10.2 Å². The van der Waals surface area contributed by atoms with Gasteiger partial charge in [-0.05, 0) is 81.4 Å². The number of aromatic amines is 1. The molecule has 1 heterocycles. The molecule has 1 N–H and O–H groups in total. The smallest absolute Gasteiger partial charge is 0.241 e. The fourth-order valence-corrected chi connectivity index (χ4v) is 4.50. The van der Waals surface area contributed by atoms with Gasteiger partial charge in [0.2, 0.25) is 5.88 Å². The van der Waals surface area contributed by atoms with Crippen LogP contribution in [0.3, 0.4) is 0 Å². The normalized spacial score (nSPS) is 14.3. The molecule has 0 unspecified atom stereocenters. The van der Waals surface area contributed by atoms with Gasteiger partial charge in [0.15, 0.2) is 0 Å². The molecule has 0 saturated carbocycles. The average molecular weight is 451 g/mol. The fraction of sp³-hybridized carbons (Fsp3) is 0.258. The summed E-state index contributed by atoms with van der Waals surface area (Å²) >= 11 is 0. The highest BCUT2D eigenvalue weighted by molar-refractivity contribution is 5.72. The summed E-state index contributed by atoms with van der Waals surface area (Å²) in [5, 5.41) is 7.80. The number of aryl methyl sites for hydroxylation is 3. The molecule has 0 fully saturated rings. The monoisotopic (exact) mass is 450 g/mol. The van der Waals surface area contributed by atoms with Gasteiger partial charge in [-0.3, -0.25) is 5.10 Å². The van der Waals surface area contributed by atoms with Crippen molar-refractivity contribution in [2.24, 2.45) is 0 Å². The lowest BCUT2D eigenvalue weighted by Crippen LogP contribution is -2.00. The third kappa shape index (κ3) is 5.48. The van der Waals surface area contributed by atoms with E-state index in [1.54, 1.807) is 0 Å². The van der Waals surface area contributed by atoms with Gasteiger partial charge in [-0.2, -0.15) is 0 Å². The standard InChI is InChI=1S/C31H34N2O/c1-6-28-30(29-23(4)11-8-12-24(29)5)32-33-31(28)34-27-15-9-13-25(20-27)17-16-22(3)19-26-14-7-10-21(2)18-26/h7-8,10-12,14-20H,6,9,13H2,1-5H3,(H,32,33)/b17-16+,22-19-. The van der Waals surface area contributed by atoms with Crippen molar-refractivity contribution in [2.75, 3.05) is 0 Å². The highest BCUT2D eigenvalue weighted by atomic mass is 16.5. The van der Waals surface area contributed by atoms with Gasteiger partial charge in [0.05, 0.1) is 5.69 Å². The van der Waals surface area contributed by atoms with Crippen molar-refractivity contribution in [3.63, 3.8) is 0 Å². The zero-order valence-electron chi connectivity index (χ0n) is 20.9. The number of nitrogens with one attached hydrogen (secondary N) is 1. The molecule has 1 aromatic heterocycles. The number of benzene rings is 2. The van der Waals surface area contributed by atoms with Gasteiger partial charge in [-0.1, -0.05) is 78.8 Å². The topological polar surface area (TPSA) is 37.9 Å². The molecule has 0 amide bonds. The van der Waals surface area contributed by atoms with Crippen molar-refractivity contribution >= 4 is 6.08 Å². The lowest BCUT2D eigenvalue weighted by Gasteiger charge is -2.13. The lowest BCUT2D eigenvalue weighted by atomic mass is 9.97. The predicted molar refractivity (Wildman–Crippen MR) is 143 cm³/mol. The Morgan fingerprint density at radius 2 is 1.85 bits per heavy atom. The van der Waals surface area contributed by atoms with E-state index in [-0.39, 0.29) is 0 Å². The Morgan fingerprint density at radius 1 is 1.09 bits per heavy atom. The van der Waals surface area contributed by atoms with E-state index in [9.17, 15) is 0 Å². The lowest BCUT2D eigenvalue weighted by molar-refractivity contribution is 0.415. The maximum Gasteiger partial charge on any atom is 0.241 e. The molecule has 0 saturated heterocycles. The first kappa shape index (κ1) is 23.6. The van der Waals surface area contributed by atoms with Crippen LogP contribution in [-0.2, 0) is 6.42 Å². The predicted octanol–water partition coefficient (Wildman–Crippen LogP) is 8.21. The first-order chi connectivity index (χ1) is 16.4.